The van der Waals surface area contributed by atoms with Crippen molar-refractivity contribution in [3.8, 4) is 0 Å². The molecule has 1 unspecified atom stereocenters. The highest BCUT2D eigenvalue weighted by molar-refractivity contribution is 6.30. The van der Waals surface area contributed by atoms with Gasteiger partial charge in [0.2, 0.25) is 0 Å². The SMILES string of the molecule is CC(C)CC(NC(=O)c1ccc(Cl)cc1)C(=O)NN=Cc1ccc(N(C)C)c([N+](=O)[O-])c1. The molecule has 2 N–H and O–H groups in total. The Morgan fingerprint density at radius 2 is 1.84 bits per heavy atom. The van der Waals surface area contributed by atoms with Gasteiger partial charge in [0.1, 0.15) is 11.7 Å². The van der Waals surface area contributed by atoms with Gasteiger partial charge in [-0.3, -0.25) is 19.7 Å². The van der Waals surface area contributed by atoms with E-state index >= 15 is 0 Å². The number of carbonyl (C=O) groups is 2. The van der Waals surface area contributed by atoms with Crippen molar-refractivity contribution in [3.05, 3.63) is 68.7 Å². The van der Waals surface area contributed by atoms with Gasteiger partial charge in [0.15, 0.2) is 0 Å². The lowest BCUT2D eigenvalue weighted by molar-refractivity contribution is -0.384. The summed E-state index contributed by atoms with van der Waals surface area (Å²) in [5.74, 6) is -0.750. The smallest absolute Gasteiger partial charge is 0.293 e. The van der Waals surface area contributed by atoms with Gasteiger partial charge >= 0.3 is 0 Å². The Labute approximate surface area is 191 Å². The fourth-order valence-electron chi connectivity index (χ4n) is 2.94. The van der Waals surface area contributed by atoms with Crippen LogP contribution in [-0.4, -0.2) is 43.1 Å². The minimum absolute atomic E-state index is 0.0711. The summed E-state index contributed by atoms with van der Waals surface area (Å²) in [6.07, 6.45) is 1.72. The molecule has 9 nitrogen and oxygen atoms in total. The molecule has 2 amide bonds. The molecule has 2 aromatic carbocycles. The first-order valence-electron chi connectivity index (χ1n) is 9.93. The van der Waals surface area contributed by atoms with E-state index in [9.17, 15) is 19.7 Å². The average Bonchev–Trinajstić information content (AvgIpc) is 2.73. The van der Waals surface area contributed by atoms with E-state index in [4.69, 9.17) is 11.6 Å². The van der Waals surface area contributed by atoms with Gasteiger partial charge in [-0.15, -0.1) is 0 Å². The number of halogens is 1. The summed E-state index contributed by atoms with van der Waals surface area (Å²) >= 11 is 5.85. The number of hydrogen-bond acceptors (Lipinski definition) is 6. The summed E-state index contributed by atoms with van der Waals surface area (Å²) in [7, 11) is 3.42. The van der Waals surface area contributed by atoms with Gasteiger partial charge < -0.3 is 10.2 Å². The van der Waals surface area contributed by atoms with Crippen LogP contribution in [0.4, 0.5) is 11.4 Å². The summed E-state index contributed by atoms with van der Waals surface area (Å²) in [5, 5.41) is 18.4. The molecule has 0 fully saturated rings. The zero-order chi connectivity index (χ0) is 23.8. The maximum absolute atomic E-state index is 12.6. The third-order valence-corrected chi connectivity index (χ3v) is 4.75. The molecule has 0 heterocycles. The van der Waals surface area contributed by atoms with Gasteiger partial charge in [-0.05, 0) is 42.7 Å². The van der Waals surface area contributed by atoms with Crippen molar-refractivity contribution in [3.63, 3.8) is 0 Å². The lowest BCUT2D eigenvalue weighted by Gasteiger charge is -2.19. The van der Waals surface area contributed by atoms with Crippen LogP contribution in [0.3, 0.4) is 0 Å². The Bertz CT molecular complexity index is 1010. The number of hydrogen-bond donors (Lipinski definition) is 2. The molecule has 0 aromatic heterocycles. The Balaban J connectivity index is 2.10. The zero-order valence-electron chi connectivity index (χ0n) is 18.3. The minimum Gasteiger partial charge on any atom is -0.372 e. The van der Waals surface area contributed by atoms with Crippen LogP contribution in [0.25, 0.3) is 0 Å². The zero-order valence-corrected chi connectivity index (χ0v) is 19.1. The van der Waals surface area contributed by atoms with Crippen LogP contribution >= 0.6 is 11.6 Å². The maximum atomic E-state index is 12.6. The molecule has 170 valence electrons. The van der Waals surface area contributed by atoms with Crippen molar-refractivity contribution in [2.24, 2.45) is 11.0 Å². The molecule has 0 aliphatic heterocycles. The van der Waals surface area contributed by atoms with E-state index in [1.54, 1.807) is 55.4 Å². The Hall–Kier alpha value is -3.46. The molecular weight excluding hydrogens is 434 g/mol. The van der Waals surface area contributed by atoms with Crippen LogP contribution in [0, 0.1) is 16.0 Å². The van der Waals surface area contributed by atoms with Crippen LogP contribution in [0.1, 0.15) is 36.2 Å². The van der Waals surface area contributed by atoms with E-state index in [-0.39, 0.29) is 11.6 Å². The van der Waals surface area contributed by atoms with Gasteiger partial charge in [-0.25, -0.2) is 5.43 Å². The molecule has 2 aromatic rings. The van der Waals surface area contributed by atoms with Crippen LogP contribution in [0.5, 0.6) is 0 Å². The minimum atomic E-state index is -0.805. The van der Waals surface area contributed by atoms with E-state index in [0.29, 0.717) is 28.3 Å². The highest BCUT2D eigenvalue weighted by Gasteiger charge is 2.22. The van der Waals surface area contributed by atoms with Crippen molar-refractivity contribution < 1.29 is 14.5 Å². The van der Waals surface area contributed by atoms with E-state index in [0.717, 1.165) is 0 Å². The second-order valence-corrected chi connectivity index (χ2v) is 8.23. The number of amides is 2. The first-order chi connectivity index (χ1) is 15.1. The summed E-state index contributed by atoms with van der Waals surface area (Å²) in [6, 6.07) is 10.2. The van der Waals surface area contributed by atoms with Crippen LogP contribution in [0.15, 0.2) is 47.6 Å². The highest BCUT2D eigenvalue weighted by Crippen LogP contribution is 2.27. The number of nitrogens with zero attached hydrogens (tertiary/aromatic N) is 3. The number of nitro groups is 1. The number of rotatable bonds is 9. The topological polar surface area (TPSA) is 117 Å². The second-order valence-electron chi connectivity index (χ2n) is 7.80. The van der Waals surface area contributed by atoms with Gasteiger partial charge in [0.25, 0.3) is 17.5 Å². The molecular formula is C22H26ClN5O4. The quantitative estimate of drug-likeness (QED) is 0.337. The van der Waals surface area contributed by atoms with Gasteiger partial charge in [0, 0.05) is 36.3 Å². The first-order valence-corrected chi connectivity index (χ1v) is 10.3. The number of nitro benzene ring substituents is 1. The molecule has 1 atom stereocenters. The molecule has 0 radical (unpaired) electrons. The predicted octanol–water partition coefficient (Wildman–Crippen LogP) is 3.61. The molecule has 10 heteroatoms. The molecule has 0 aliphatic carbocycles. The third kappa shape index (κ3) is 7.05. The van der Waals surface area contributed by atoms with E-state index < -0.39 is 22.8 Å². The normalized spacial score (nSPS) is 11.9. The molecule has 32 heavy (non-hydrogen) atoms. The second kappa shape index (κ2) is 11.2. The van der Waals surface area contributed by atoms with E-state index in [2.05, 4.69) is 15.8 Å². The lowest BCUT2D eigenvalue weighted by Crippen LogP contribution is -2.46. The number of anilines is 1. The lowest BCUT2D eigenvalue weighted by atomic mass is 10.0. The standard InChI is InChI=1S/C22H26ClN5O4/c1-14(2)11-18(25-21(29)16-6-8-17(23)9-7-16)22(30)26-24-13-15-5-10-19(27(3)4)20(12-15)28(31)32/h5-10,12-14,18H,11H2,1-4H3,(H,25,29)(H,26,30). The summed E-state index contributed by atoms with van der Waals surface area (Å²) in [4.78, 5) is 37.6. The predicted molar refractivity (Wildman–Crippen MR) is 125 cm³/mol. The Kier molecular flexibility index (Phi) is 8.71. The van der Waals surface area contributed by atoms with Crippen LogP contribution in [-0.2, 0) is 4.79 Å². The molecule has 0 saturated heterocycles. The Morgan fingerprint density at radius 1 is 1.19 bits per heavy atom. The summed E-state index contributed by atoms with van der Waals surface area (Å²) in [6.45, 7) is 3.87. The molecule has 0 aliphatic rings. The average molecular weight is 460 g/mol. The summed E-state index contributed by atoms with van der Waals surface area (Å²) < 4.78 is 0. The molecule has 0 saturated carbocycles. The van der Waals surface area contributed by atoms with E-state index in [1.165, 1.54) is 12.3 Å². The van der Waals surface area contributed by atoms with Crippen molar-refractivity contribution in [1.29, 1.82) is 0 Å². The van der Waals surface area contributed by atoms with Crippen molar-refractivity contribution in [2.45, 2.75) is 26.3 Å². The maximum Gasteiger partial charge on any atom is 0.293 e. The highest BCUT2D eigenvalue weighted by atomic mass is 35.5. The Morgan fingerprint density at radius 3 is 2.41 bits per heavy atom. The number of benzene rings is 2. The molecule has 2 rings (SSSR count). The third-order valence-electron chi connectivity index (χ3n) is 4.50. The van der Waals surface area contributed by atoms with Gasteiger partial charge in [-0.1, -0.05) is 31.5 Å². The van der Waals surface area contributed by atoms with Crippen molar-refractivity contribution in [1.82, 2.24) is 10.7 Å². The molecule has 0 spiro atoms. The van der Waals surface area contributed by atoms with Gasteiger partial charge in [-0.2, -0.15) is 5.10 Å². The van der Waals surface area contributed by atoms with Crippen LogP contribution < -0.4 is 15.6 Å². The van der Waals surface area contributed by atoms with Crippen molar-refractivity contribution in [2.75, 3.05) is 19.0 Å². The monoisotopic (exact) mass is 459 g/mol. The fourth-order valence-corrected chi connectivity index (χ4v) is 3.07. The largest absolute Gasteiger partial charge is 0.372 e. The van der Waals surface area contributed by atoms with Crippen LogP contribution in [0.2, 0.25) is 5.02 Å². The van der Waals surface area contributed by atoms with Crippen molar-refractivity contribution >= 4 is 41.0 Å². The molecule has 0 bridgehead atoms. The van der Waals surface area contributed by atoms with E-state index in [1.807, 2.05) is 13.8 Å². The van der Waals surface area contributed by atoms with Gasteiger partial charge in [0.05, 0.1) is 11.1 Å². The fraction of sp³-hybridized carbons (Fsp3) is 0.318. The number of hydrazone groups is 1. The number of carbonyl (C=O) groups excluding carboxylic acids is 2. The summed E-state index contributed by atoms with van der Waals surface area (Å²) in [5.41, 5.74) is 3.62. The first kappa shape index (κ1) is 24.8. The number of nitrogens with one attached hydrogen (secondary N) is 2.